The van der Waals surface area contributed by atoms with E-state index in [9.17, 15) is 14.4 Å². The predicted molar refractivity (Wildman–Crippen MR) is 229 cm³/mol. The van der Waals surface area contributed by atoms with Gasteiger partial charge < -0.3 is 33.6 Å². The van der Waals surface area contributed by atoms with E-state index in [0.29, 0.717) is 57.6 Å². The van der Waals surface area contributed by atoms with Crippen LogP contribution in [-0.4, -0.2) is 114 Å². The second-order valence-corrected chi connectivity index (χ2v) is 17.2. The van der Waals surface area contributed by atoms with Gasteiger partial charge in [-0.3, -0.25) is 9.69 Å². The zero-order valence-corrected chi connectivity index (χ0v) is 35.9. The maximum atomic E-state index is 13.0. The number of anilines is 2. The first kappa shape index (κ1) is 42.5. The van der Waals surface area contributed by atoms with E-state index in [-0.39, 0.29) is 36.9 Å². The van der Waals surface area contributed by atoms with Crippen LogP contribution in [0.15, 0.2) is 66.7 Å². The topological polar surface area (TPSA) is 132 Å². The highest BCUT2D eigenvalue weighted by molar-refractivity contribution is 5.88. The van der Waals surface area contributed by atoms with Crippen molar-refractivity contribution in [1.29, 1.82) is 0 Å². The molecule has 2 aromatic heterocycles. The number of carbonyl (C=O) groups is 3. The minimum absolute atomic E-state index is 0.150. The molecule has 0 radical (unpaired) electrons. The number of amides is 2. The van der Waals surface area contributed by atoms with Crippen LogP contribution in [-0.2, 0) is 32.0 Å². The minimum Gasteiger partial charge on any atom is -0.477 e. The molecular weight excluding hydrogens is 763 g/mol. The molecule has 0 spiro atoms. The van der Waals surface area contributed by atoms with Crippen molar-refractivity contribution in [2.24, 2.45) is 5.92 Å². The van der Waals surface area contributed by atoms with Crippen molar-refractivity contribution in [1.82, 2.24) is 24.6 Å². The molecule has 14 heteroatoms. The molecule has 2 atom stereocenters. The first-order chi connectivity index (χ1) is 28.8. The number of pyridine rings is 1. The molecule has 60 heavy (non-hydrogen) atoms. The number of esters is 1. The molecule has 3 aliphatic rings. The summed E-state index contributed by atoms with van der Waals surface area (Å²) in [5.41, 5.74) is 6.25. The van der Waals surface area contributed by atoms with E-state index in [4.69, 9.17) is 29.0 Å². The van der Waals surface area contributed by atoms with Crippen LogP contribution in [0.2, 0.25) is 0 Å². The number of carbonyl (C=O) groups excluding carboxylic acids is 3. The van der Waals surface area contributed by atoms with Gasteiger partial charge in [-0.05, 0) is 107 Å². The number of rotatable bonds is 12. The maximum absolute atomic E-state index is 13.0. The minimum atomic E-state index is -0.603. The Morgan fingerprint density at radius 2 is 1.65 bits per heavy atom. The van der Waals surface area contributed by atoms with Crippen LogP contribution in [0, 0.1) is 19.8 Å². The highest BCUT2D eigenvalue weighted by atomic mass is 16.6. The van der Waals surface area contributed by atoms with E-state index in [1.807, 2.05) is 81.8 Å². The van der Waals surface area contributed by atoms with Crippen LogP contribution in [0.1, 0.15) is 74.0 Å². The van der Waals surface area contributed by atoms with Crippen LogP contribution in [0.25, 0.3) is 5.69 Å². The van der Waals surface area contributed by atoms with Crippen molar-refractivity contribution in [3.8, 4) is 11.6 Å². The Hall–Kier alpha value is -5.63. The summed E-state index contributed by atoms with van der Waals surface area (Å²) in [6, 6.07) is 22.1. The molecular formula is C46H59N7O7. The Kier molecular flexibility index (Phi) is 13.3. The Bertz CT molecular complexity index is 2130. The molecule has 0 N–H and O–H groups in total. The van der Waals surface area contributed by atoms with E-state index in [1.165, 1.54) is 7.11 Å². The van der Waals surface area contributed by atoms with E-state index in [0.717, 1.165) is 71.8 Å². The van der Waals surface area contributed by atoms with Crippen LogP contribution in [0.3, 0.4) is 0 Å². The third-order valence-corrected chi connectivity index (χ3v) is 11.3. The fraction of sp³-hybridized carbons (Fsp3) is 0.500. The molecule has 14 nitrogen and oxygen atoms in total. The molecule has 1 unspecified atom stereocenters. The number of ether oxygens (including phenoxy) is 4. The number of likely N-dealkylation sites (tertiary alicyclic amines) is 1. The smallest absolute Gasteiger partial charge is 0.416 e. The molecule has 320 valence electrons. The van der Waals surface area contributed by atoms with Gasteiger partial charge in [0.25, 0.3) is 0 Å². The molecule has 0 aliphatic carbocycles. The van der Waals surface area contributed by atoms with Crippen LogP contribution < -0.4 is 14.5 Å². The van der Waals surface area contributed by atoms with Gasteiger partial charge in [-0.25, -0.2) is 14.3 Å². The highest BCUT2D eigenvalue weighted by Gasteiger charge is 2.31. The van der Waals surface area contributed by atoms with E-state index in [1.54, 1.807) is 9.80 Å². The lowest BCUT2D eigenvalue weighted by molar-refractivity contribution is -0.141. The lowest BCUT2D eigenvalue weighted by atomic mass is 9.93. The average molecular weight is 822 g/mol. The number of hydrogen-bond donors (Lipinski definition) is 0. The number of nitrogens with zero attached hydrogens (tertiary/aromatic N) is 7. The molecule has 2 saturated heterocycles. The second kappa shape index (κ2) is 18.7. The third-order valence-electron chi connectivity index (χ3n) is 11.3. The van der Waals surface area contributed by atoms with Gasteiger partial charge in [0.2, 0.25) is 5.88 Å². The number of benzene rings is 2. The van der Waals surface area contributed by atoms with Crippen LogP contribution in [0.4, 0.5) is 21.1 Å². The summed E-state index contributed by atoms with van der Waals surface area (Å²) < 4.78 is 24.8. The lowest BCUT2D eigenvalue weighted by Gasteiger charge is -2.36. The molecule has 2 fully saturated rings. The van der Waals surface area contributed by atoms with Gasteiger partial charge in [0.15, 0.2) is 0 Å². The fourth-order valence-electron chi connectivity index (χ4n) is 8.31. The zero-order chi connectivity index (χ0) is 42.4. The Morgan fingerprint density at radius 1 is 0.883 bits per heavy atom. The molecule has 0 saturated carbocycles. The highest BCUT2D eigenvalue weighted by Crippen LogP contribution is 2.33. The number of methoxy groups -OCH3 is 1. The summed E-state index contributed by atoms with van der Waals surface area (Å²) in [6.45, 7) is 15.5. The maximum Gasteiger partial charge on any atom is 0.416 e. The Balaban J connectivity index is 1.03. The second-order valence-electron chi connectivity index (χ2n) is 17.2. The number of fused-ring (bicyclic) bond motifs is 1. The van der Waals surface area contributed by atoms with Gasteiger partial charge in [0.1, 0.15) is 18.0 Å². The van der Waals surface area contributed by atoms with Crippen LogP contribution in [0.5, 0.6) is 5.88 Å². The van der Waals surface area contributed by atoms with Gasteiger partial charge >= 0.3 is 18.2 Å². The van der Waals surface area contributed by atoms with Gasteiger partial charge in [0, 0.05) is 75.1 Å². The van der Waals surface area contributed by atoms with Crippen molar-refractivity contribution in [3.63, 3.8) is 0 Å². The van der Waals surface area contributed by atoms with E-state index in [2.05, 4.69) is 34.1 Å². The van der Waals surface area contributed by atoms with Gasteiger partial charge in [-0.1, -0.05) is 30.3 Å². The number of hydrogen-bond acceptors (Lipinski definition) is 11. The van der Waals surface area contributed by atoms with Crippen molar-refractivity contribution < 1.29 is 33.3 Å². The number of piperazine rings is 1. The first-order valence-electron chi connectivity index (χ1n) is 21.1. The SMILES string of the molecule is COC(=O)CC(CN1CC[C@@H](COc2ccc3c(n2)N(C(=O)OC(C)(C)C)CCC3)C1)c1cc(N2CCN(C(=O)OCc3ccccc3)CC2)cc(-n2nc(C)cc2C)c1. The monoisotopic (exact) mass is 821 g/mol. The molecule has 7 rings (SSSR count). The summed E-state index contributed by atoms with van der Waals surface area (Å²) in [6.07, 6.45) is 2.15. The molecule has 3 aliphatic heterocycles. The Labute approximate surface area is 353 Å². The average Bonchev–Trinajstić information content (AvgIpc) is 3.85. The third kappa shape index (κ3) is 10.8. The van der Waals surface area contributed by atoms with Crippen molar-refractivity contribution in [2.75, 3.05) is 75.9 Å². The number of aromatic nitrogens is 3. The molecule has 0 bridgehead atoms. The summed E-state index contributed by atoms with van der Waals surface area (Å²) in [4.78, 5) is 51.9. The van der Waals surface area contributed by atoms with Crippen molar-refractivity contribution in [2.45, 2.75) is 78.4 Å². The first-order valence-corrected chi connectivity index (χ1v) is 21.1. The Morgan fingerprint density at radius 3 is 2.37 bits per heavy atom. The van der Waals surface area contributed by atoms with Gasteiger partial charge in [-0.2, -0.15) is 10.1 Å². The van der Waals surface area contributed by atoms with Crippen molar-refractivity contribution in [3.05, 3.63) is 94.8 Å². The summed E-state index contributed by atoms with van der Waals surface area (Å²) in [7, 11) is 1.44. The predicted octanol–water partition coefficient (Wildman–Crippen LogP) is 7.08. The lowest BCUT2D eigenvalue weighted by Crippen LogP contribution is -2.49. The summed E-state index contributed by atoms with van der Waals surface area (Å²) >= 11 is 0. The standard InChI is InChI=1S/C46H59N7O7/c1-32-23-33(2)53(48-32)40-25-37(24-39(27-40)50-19-21-51(22-20-50)44(55)59-30-34-11-8-7-9-12-34)38(26-42(54)57-6)29-49-18-16-35(28-49)31-58-41-15-14-36-13-10-17-52(43(36)47-41)45(56)60-46(3,4)5/h7-9,11-12,14-15,23-25,27,35,38H,10,13,16-22,26,28-31H2,1-6H3/t35-,38?/m1/s1. The van der Waals surface area contributed by atoms with Gasteiger partial charge in [-0.15, -0.1) is 0 Å². The largest absolute Gasteiger partial charge is 0.477 e. The fourth-order valence-corrected chi connectivity index (χ4v) is 8.31. The summed E-state index contributed by atoms with van der Waals surface area (Å²) in [5, 5.41) is 4.82. The normalized spacial score (nSPS) is 17.6. The molecule has 2 amide bonds. The van der Waals surface area contributed by atoms with Crippen molar-refractivity contribution >= 4 is 29.7 Å². The molecule has 4 aromatic rings. The number of aryl methyl sites for hydroxylation is 3. The molecule has 5 heterocycles. The summed E-state index contributed by atoms with van der Waals surface area (Å²) in [5.74, 6) is 0.944. The quantitative estimate of drug-likeness (QED) is 0.107. The van der Waals surface area contributed by atoms with Crippen LogP contribution >= 0.6 is 0 Å². The zero-order valence-electron chi connectivity index (χ0n) is 35.9. The van der Waals surface area contributed by atoms with E-state index < -0.39 is 11.7 Å². The van der Waals surface area contributed by atoms with E-state index >= 15 is 0 Å². The van der Waals surface area contributed by atoms with Gasteiger partial charge in [0.05, 0.1) is 31.5 Å². The molecule has 2 aromatic carbocycles.